The standard InChI is InChI=1S/C18H22N6O3S/c1-2-28(26,27)23-10-8-13(9-11-23)20-18-21-16-15(17(25)22-18)12-19-24(16)14-6-4-3-5-7-14/h3-7,12-13H,2,8-11H2,1H3,(H2,20,21,22,25). The number of aromatic nitrogens is 4. The number of rotatable bonds is 5. The van der Waals surface area contributed by atoms with Crippen molar-refractivity contribution in [1.29, 1.82) is 0 Å². The number of aromatic amines is 1. The smallest absolute Gasteiger partial charge is 0.263 e. The number of nitrogens with one attached hydrogen (secondary N) is 2. The molecule has 0 spiro atoms. The van der Waals surface area contributed by atoms with E-state index in [0.29, 0.717) is 42.9 Å². The lowest BCUT2D eigenvalue weighted by Gasteiger charge is -2.31. The fraction of sp³-hybridized carbons (Fsp3) is 0.389. The van der Waals surface area contributed by atoms with Gasteiger partial charge in [0.1, 0.15) is 5.39 Å². The largest absolute Gasteiger partial charge is 0.353 e. The van der Waals surface area contributed by atoms with E-state index in [4.69, 9.17) is 0 Å². The Bertz CT molecular complexity index is 1130. The number of sulfonamides is 1. The first-order chi connectivity index (χ1) is 13.5. The van der Waals surface area contributed by atoms with Gasteiger partial charge in [-0.05, 0) is 31.9 Å². The summed E-state index contributed by atoms with van der Waals surface area (Å²) in [6.45, 7) is 2.57. The highest BCUT2D eigenvalue weighted by Crippen LogP contribution is 2.19. The molecule has 1 aromatic carbocycles. The summed E-state index contributed by atoms with van der Waals surface area (Å²) in [4.78, 5) is 19.7. The van der Waals surface area contributed by atoms with Gasteiger partial charge in [-0.15, -0.1) is 0 Å². The molecule has 0 unspecified atom stereocenters. The second-order valence-electron chi connectivity index (χ2n) is 6.76. The summed E-state index contributed by atoms with van der Waals surface area (Å²) in [5.41, 5.74) is 1.03. The Kier molecular flexibility index (Phi) is 4.90. The summed E-state index contributed by atoms with van der Waals surface area (Å²) < 4.78 is 27.1. The molecular formula is C18H22N6O3S. The van der Waals surface area contributed by atoms with Crippen LogP contribution in [0.4, 0.5) is 5.95 Å². The molecule has 1 fully saturated rings. The fourth-order valence-corrected chi connectivity index (χ4v) is 4.53. The molecule has 1 aliphatic rings. The summed E-state index contributed by atoms with van der Waals surface area (Å²) in [6, 6.07) is 9.53. The number of hydrogen-bond donors (Lipinski definition) is 2. The van der Waals surface area contributed by atoms with Crippen molar-refractivity contribution in [3.05, 3.63) is 46.9 Å². The molecule has 10 heteroatoms. The van der Waals surface area contributed by atoms with Gasteiger partial charge in [-0.25, -0.2) is 17.4 Å². The lowest BCUT2D eigenvalue weighted by Crippen LogP contribution is -2.43. The lowest BCUT2D eigenvalue weighted by molar-refractivity contribution is 0.329. The van der Waals surface area contributed by atoms with Gasteiger partial charge in [-0.3, -0.25) is 9.78 Å². The van der Waals surface area contributed by atoms with E-state index in [1.165, 1.54) is 10.5 Å². The quantitative estimate of drug-likeness (QED) is 0.666. The minimum Gasteiger partial charge on any atom is -0.353 e. The molecule has 0 aliphatic carbocycles. The maximum Gasteiger partial charge on any atom is 0.263 e. The number of anilines is 1. The average molecular weight is 402 g/mol. The molecule has 0 radical (unpaired) electrons. The normalized spacial score (nSPS) is 16.5. The van der Waals surface area contributed by atoms with Crippen LogP contribution in [0.5, 0.6) is 0 Å². The molecule has 9 nitrogen and oxygen atoms in total. The van der Waals surface area contributed by atoms with Gasteiger partial charge in [-0.2, -0.15) is 10.1 Å². The van der Waals surface area contributed by atoms with Gasteiger partial charge in [-0.1, -0.05) is 18.2 Å². The Morgan fingerprint density at radius 1 is 1.21 bits per heavy atom. The molecule has 0 amide bonds. The molecule has 1 aliphatic heterocycles. The van der Waals surface area contributed by atoms with E-state index >= 15 is 0 Å². The summed E-state index contributed by atoms with van der Waals surface area (Å²) in [6.07, 6.45) is 2.81. The molecule has 0 atom stereocenters. The molecule has 148 valence electrons. The lowest BCUT2D eigenvalue weighted by atomic mass is 10.1. The van der Waals surface area contributed by atoms with E-state index in [2.05, 4.69) is 20.4 Å². The molecule has 0 bridgehead atoms. The van der Waals surface area contributed by atoms with Crippen molar-refractivity contribution >= 4 is 27.0 Å². The molecule has 2 aromatic heterocycles. The van der Waals surface area contributed by atoms with Crippen molar-refractivity contribution < 1.29 is 8.42 Å². The zero-order chi connectivity index (χ0) is 19.7. The first kappa shape index (κ1) is 18.6. The Morgan fingerprint density at radius 3 is 2.61 bits per heavy atom. The number of H-pyrrole nitrogens is 1. The number of piperidine rings is 1. The Labute approximate surface area is 162 Å². The number of nitrogens with zero attached hydrogens (tertiary/aromatic N) is 4. The Balaban J connectivity index is 1.56. The van der Waals surface area contributed by atoms with E-state index in [0.717, 1.165) is 5.69 Å². The van der Waals surface area contributed by atoms with Crippen LogP contribution < -0.4 is 10.9 Å². The Hall–Kier alpha value is -2.72. The molecule has 28 heavy (non-hydrogen) atoms. The topological polar surface area (TPSA) is 113 Å². The van der Waals surface area contributed by atoms with Gasteiger partial charge < -0.3 is 5.32 Å². The molecular weight excluding hydrogens is 380 g/mol. The maximum absolute atomic E-state index is 12.4. The monoisotopic (exact) mass is 402 g/mol. The predicted octanol–water partition coefficient (Wildman–Crippen LogP) is 1.33. The molecule has 2 N–H and O–H groups in total. The van der Waals surface area contributed by atoms with Crippen LogP contribution in [0.1, 0.15) is 19.8 Å². The summed E-state index contributed by atoms with van der Waals surface area (Å²) >= 11 is 0. The third-order valence-electron chi connectivity index (χ3n) is 4.99. The third-order valence-corrected chi connectivity index (χ3v) is 6.87. The second-order valence-corrected chi connectivity index (χ2v) is 9.02. The summed E-state index contributed by atoms with van der Waals surface area (Å²) in [5, 5.41) is 7.95. The van der Waals surface area contributed by atoms with Crippen molar-refractivity contribution in [2.45, 2.75) is 25.8 Å². The molecule has 3 aromatic rings. The number of hydrogen-bond acceptors (Lipinski definition) is 6. The highest BCUT2D eigenvalue weighted by atomic mass is 32.2. The van der Waals surface area contributed by atoms with Gasteiger partial charge >= 0.3 is 0 Å². The number of fused-ring (bicyclic) bond motifs is 1. The minimum absolute atomic E-state index is 0.0389. The van der Waals surface area contributed by atoms with Crippen LogP contribution >= 0.6 is 0 Å². The van der Waals surface area contributed by atoms with Crippen LogP contribution in [0.15, 0.2) is 41.3 Å². The molecule has 1 saturated heterocycles. The zero-order valence-electron chi connectivity index (χ0n) is 15.5. The third kappa shape index (κ3) is 3.52. The highest BCUT2D eigenvalue weighted by molar-refractivity contribution is 7.89. The van der Waals surface area contributed by atoms with Crippen molar-refractivity contribution in [2.75, 3.05) is 24.2 Å². The minimum atomic E-state index is -3.16. The van der Waals surface area contributed by atoms with Crippen LogP contribution in [0, 0.1) is 0 Å². The van der Waals surface area contributed by atoms with Crippen LogP contribution in [-0.2, 0) is 10.0 Å². The predicted molar refractivity (Wildman–Crippen MR) is 107 cm³/mol. The van der Waals surface area contributed by atoms with Crippen molar-refractivity contribution in [2.24, 2.45) is 0 Å². The highest BCUT2D eigenvalue weighted by Gasteiger charge is 2.27. The zero-order valence-corrected chi connectivity index (χ0v) is 16.3. The van der Waals surface area contributed by atoms with E-state index in [-0.39, 0.29) is 17.4 Å². The van der Waals surface area contributed by atoms with Crippen molar-refractivity contribution in [3.63, 3.8) is 0 Å². The van der Waals surface area contributed by atoms with Crippen LogP contribution in [0.25, 0.3) is 16.7 Å². The second kappa shape index (κ2) is 7.36. The fourth-order valence-electron chi connectivity index (χ4n) is 3.40. The SMILES string of the molecule is CCS(=O)(=O)N1CCC(Nc2nc3c(cnn3-c3ccccc3)c(=O)[nH]2)CC1. The van der Waals surface area contributed by atoms with Gasteiger partial charge in [0.15, 0.2) is 5.65 Å². The first-order valence-corrected chi connectivity index (χ1v) is 10.9. The van der Waals surface area contributed by atoms with E-state index in [1.807, 2.05) is 30.3 Å². The number of para-hydroxylation sites is 1. The van der Waals surface area contributed by atoms with Crippen molar-refractivity contribution in [1.82, 2.24) is 24.1 Å². The summed E-state index contributed by atoms with van der Waals surface area (Å²) in [5.74, 6) is 0.479. The van der Waals surface area contributed by atoms with Crippen molar-refractivity contribution in [3.8, 4) is 5.69 Å². The van der Waals surface area contributed by atoms with Gasteiger partial charge in [0.25, 0.3) is 5.56 Å². The first-order valence-electron chi connectivity index (χ1n) is 9.26. The molecule has 3 heterocycles. The van der Waals surface area contributed by atoms with Gasteiger partial charge in [0.2, 0.25) is 16.0 Å². The van der Waals surface area contributed by atoms with Gasteiger partial charge in [0, 0.05) is 19.1 Å². The Morgan fingerprint density at radius 2 is 1.93 bits per heavy atom. The number of benzene rings is 1. The van der Waals surface area contributed by atoms with Crippen LogP contribution in [0.2, 0.25) is 0 Å². The van der Waals surface area contributed by atoms with Crippen LogP contribution in [-0.4, -0.2) is 57.4 Å². The molecule has 0 saturated carbocycles. The maximum atomic E-state index is 12.4. The van der Waals surface area contributed by atoms with E-state index < -0.39 is 10.0 Å². The van der Waals surface area contributed by atoms with Crippen LogP contribution in [0.3, 0.4) is 0 Å². The molecule has 4 rings (SSSR count). The van der Waals surface area contributed by atoms with E-state index in [1.54, 1.807) is 11.6 Å². The van der Waals surface area contributed by atoms with E-state index in [9.17, 15) is 13.2 Å². The summed E-state index contributed by atoms with van der Waals surface area (Å²) in [7, 11) is -3.16. The average Bonchev–Trinajstić information content (AvgIpc) is 3.13. The van der Waals surface area contributed by atoms with Gasteiger partial charge in [0.05, 0.1) is 17.6 Å².